The van der Waals surface area contributed by atoms with Gasteiger partial charge in [-0.05, 0) is 57.9 Å². The number of rotatable bonds is 4. The van der Waals surface area contributed by atoms with Crippen LogP contribution < -0.4 is 4.74 Å². The van der Waals surface area contributed by atoms with Crippen LogP contribution >= 0.6 is 0 Å². The van der Waals surface area contributed by atoms with Crippen molar-refractivity contribution in [2.45, 2.75) is 50.5 Å². The highest BCUT2D eigenvalue weighted by molar-refractivity contribution is 7.89. The molecule has 0 unspecified atom stereocenters. The summed E-state index contributed by atoms with van der Waals surface area (Å²) in [7, 11) is -3.54. The third kappa shape index (κ3) is 7.04. The van der Waals surface area contributed by atoms with E-state index in [0.29, 0.717) is 0 Å². The van der Waals surface area contributed by atoms with Gasteiger partial charge in [-0.1, -0.05) is 35.4 Å². The van der Waals surface area contributed by atoms with Crippen molar-refractivity contribution in [1.29, 1.82) is 0 Å². The number of carbonyl (C=O) groups is 1. The summed E-state index contributed by atoms with van der Waals surface area (Å²) in [4.78, 5) is 11.6. The molecule has 1 saturated heterocycles. The Morgan fingerprint density at radius 1 is 0.969 bits per heavy atom. The van der Waals surface area contributed by atoms with E-state index >= 15 is 0 Å². The molecule has 1 N–H and O–H groups in total. The van der Waals surface area contributed by atoms with Gasteiger partial charge in [0.15, 0.2) is 5.78 Å². The highest BCUT2D eigenvalue weighted by atomic mass is 32.2. The van der Waals surface area contributed by atoms with Gasteiger partial charge in [-0.15, -0.1) is 13.2 Å². The molecule has 0 saturated carbocycles. The SMILES string of the molecule is CC(=O)C1(O)CCN(S(=O)(=O)c2ccc(C)cc2)CC1.Cc1ccc(OC(F)(F)F)cc1. The number of ether oxygens (including phenoxy) is 1. The number of piperidine rings is 1. The van der Waals surface area contributed by atoms with E-state index in [1.807, 2.05) is 6.92 Å². The van der Waals surface area contributed by atoms with Crippen LogP contribution in [0.2, 0.25) is 0 Å². The summed E-state index contributed by atoms with van der Waals surface area (Å²) in [6, 6.07) is 12.3. The van der Waals surface area contributed by atoms with E-state index in [0.717, 1.165) is 11.1 Å². The van der Waals surface area contributed by atoms with Gasteiger partial charge in [-0.3, -0.25) is 4.79 Å². The fourth-order valence-corrected chi connectivity index (χ4v) is 4.49. The lowest BCUT2D eigenvalue weighted by Crippen LogP contribution is -2.50. The van der Waals surface area contributed by atoms with Crippen molar-refractivity contribution >= 4 is 15.8 Å². The molecule has 1 aliphatic rings. The third-order valence-corrected chi connectivity index (χ3v) is 7.03. The van der Waals surface area contributed by atoms with Gasteiger partial charge in [0.2, 0.25) is 10.0 Å². The average molecular weight is 474 g/mol. The first-order valence-electron chi connectivity index (χ1n) is 9.86. The van der Waals surface area contributed by atoms with Crippen LogP contribution in [0.1, 0.15) is 30.9 Å². The number of aliphatic hydroxyl groups is 1. The predicted molar refractivity (Wildman–Crippen MR) is 113 cm³/mol. The van der Waals surface area contributed by atoms with Gasteiger partial charge < -0.3 is 9.84 Å². The first kappa shape index (κ1) is 25.8. The maximum Gasteiger partial charge on any atom is 0.573 e. The van der Waals surface area contributed by atoms with Crippen LogP contribution in [0.5, 0.6) is 5.75 Å². The van der Waals surface area contributed by atoms with E-state index in [-0.39, 0.29) is 42.4 Å². The fourth-order valence-electron chi connectivity index (χ4n) is 3.05. The van der Waals surface area contributed by atoms with Crippen LogP contribution in [-0.4, -0.2) is 48.7 Å². The standard InChI is InChI=1S/C14H19NO4S.C8H7F3O/c1-11-3-5-13(6-4-11)20(18,19)15-9-7-14(17,8-10-15)12(2)16;1-6-2-4-7(5-3-6)12-8(9,10)11/h3-6,17H,7-10H2,1-2H3;2-5H,1H3. The van der Waals surface area contributed by atoms with E-state index in [9.17, 15) is 31.5 Å². The summed E-state index contributed by atoms with van der Waals surface area (Å²) in [6.45, 7) is 5.34. The van der Waals surface area contributed by atoms with Gasteiger partial charge in [-0.2, -0.15) is 4.31 Å². The molecule has 10 heteroatoms. The maximum absolute atomic E-state index is 12.4. The lowest BCUT2D eigenvalue weighted by Gasteiger charge is -2.35. The van der Waals surface area contributed by atoms with Gasteiger partial charge in [0.25, 0.3) is 0 Å². The van der Waals surface area contributed by atoms with Crippen molar-refractivity contribution in [3.05, 3.63) is 59.7 Å². The second-order valence-electron chi connectivity index (χ2n) is 7.67. The molecule has 0 aromatic heterocycles. The molecule has 0 spiro atoms. The molecule has 2 aromatic rings. The molecule has 1 fully saturated rings. The zero-order valence-electron chi connectivity index (χ0n) is 18.0. The summed E-state index contributed by atoms with van der Waals surface area (Å²) in [5.74, 6) is -0.488. The van der Waals surface area contributed by atoms with Crippen molar-refractivity contribution in [2.75, 3.05) is 13.1 Å². The Bertz CT molecular complexity index is 1010. The van der Waals surface area contributed by atoms with Gasteiger partial charge in [0.05, 0.1) is 4.90 Å². The van der Waals surface area contributed by atoms with E-state index < -0.39 is 22.0 Å². The Morgan fingerprint density at radius 3 is 1.81 bits per heavy atom. The molecule has 0 radical (unpaired) electrons. The minimum absolute atomic E-state index is 0.146. The Morgan fingerprint density at radius 2 is 1.41 bits per heavy atom. The van der Waals surface area contributed by atoms with Crippen molar-refractivity contribution < 1.29 is 36.2 Å². The van der Waals surface area contributed by atoms with E-state index in [1.54, 1.807) is 43.3 Å². The number of benzene rings is 2. The lowest BCUT2D eigenvalue weighted by molar-refractivity contribution is -0.274. The number of carbonyl (C=O) groups excluding carboxylic acids is 1. The Kier molecular flexibility index (Phi) is 8.08. The van der Waals surface area contributed by atoms with Crippen molar-refractivity contribution in [3.63, 3.8) is 0 Å². The average Bonchev–Trinajstić information content (AvgIpc) is 2.70. The van der Waals surface area contributed by atoms with E-state index in [2.05, 4.69) is 4.74 Å². The van der Waals surface area contributed by atoms with E-state index in [1.165, 1.54) is 23.4 Å². The van der Waals surface area contributed by atoms with Crippen LogP contribution in [0.25, 0.3) is 0 Å². The zero-order valence-corrected chi connectivity index (χ0v) is 18.8. The smallest absolute Gasteiger partial charge is 0.406 e. The number of sulfonamides is 1. The van der Waals surface area contributed by atoms with Gasteiger partial charge in [-0.25, -0.2) is 8.42 Å². The number of aryl methyl sites for hydroxylation is 2. The van der Waals surface area contributed by atoms with Crippen LogP contribution in [0.15, 0.2) is 53.4 Å². The molecule has 1 heterocycles. The van der Waals surface area contributed by atoms with Gasteiger partial charge in [0, 0.05) is 13.1 Å². The second kappa shape index (κ2) is 10.0. The van der Waals surface area contributed by atoms with Gasteiger partial charge in [0.1, 0.15) is 11.4 Å². The van der Waals surface area contributed by atoms with Crippen molar-refractivity contribution in [1.82, 2.24) is 4.31 Å². The van der Waals surface area contributed by atoms with Crippen molar-refractivity contribution in [2.24, 2.45) is 0 Å². The number of ketones is 1. The van der Waals surface area contributed by atoms with E-state index in [4.69, 9.17) is 0 Å². The van der Waals surface area contributed by atoms with Crippen LogP contribution in [0.3, 0.4) is 0 Å². The molecule has 2 aromatic carbocycles. The second-order valence-corrected chi connectivity index (χ2v) is 9.60. The third-order valence-electron chi connectivity index (χ3n) is 5.12. The lowest BCUT2D eigenvalue weighted by atomic mass is 9.89. The Hall–Kier alpha value is -2.43. The quantitative estimate of drug-likeness (QED) is 0.726. The summed E-state index contributed by atoms with van der Waals surface area (Å²) in [5.41, 5.74) is 0.511. The minimum atomic E-state index is -4.60. The maximum atomic E-state index is 12.4. The topological polar surface area (TPSA) is 83.9 Å². The van der Waals surface area contributed by atoms with Crippen molar-refractivity contribution in [3.8, 4) is 5.75 Å². The Balaban J connectivity index is 0.000000258. The fraction of sp³-hybridized carbons (Fsp3) is 0.409. The molecule has 176 valence electrons. The summed E-state index contributed by atoms with van der Waals surface area (Å²) in [5, 5.41) is 10.1. The Labute approximate surface area is 185 Å². The summed E-state index contributed by atoms with van der Waals surface area (Å²) < 4.78 is 64.7. The largest absolute Gasteiger partial charge is 0.573 e. The molecular weight excluding hydrogens is 447 g/mol. The molecule has 32 heavy (non-hydrogen) atoms. The first-order valence-corrected chi connectivity index (χ1v) is 11.3. The predicted octanol–water partition coefficient (Wildman–Crippen LogP) is 3.99. The molecular formula is C22H26F3NO5S. The number of Topliss-reactive ketones (excluding diaryl/α,β-unsaturated/α-hetero) is 1. The number of nitrogens with zero attached hydrogens (tertiary/aromatic N) is 1. The molecule has 0 atom stereocenters. The molecule has 3 rings (SSSR count). The van der Waals surface area contributed by atoms with Crippen LogP contribution in [0, 0.1) is 13.8 Å². The van der Waals surface area contributed by atoms with Crippen LogP contribution in [-0.2, 0) is 14.8 Å². The molecule has 0 bridgehead atoms. The number of alkyl halides is 3. The van der Waals surface area contributed by atoms with Gasteiger partial charge >= 0.3 is 6.36 Å². The monoisotopic (exact) mass is 473 g/mol. The number of hydrogen-bond acceptors (Lipinski definition) is 5. The zero-order chi connectivity index (χ0) is 24.2. The molecule has 0 aliphatic carbocycles. The van der Waals surface area contributed by atoms with Crippen LogP contribution in [0.4, 0.5) is 13.2 Å². The number of hydrogen-bond donors (Lipinski definition) is 1. The minimum Gasteiger partial charge on any atom is -0.406 e. The normalized spacial score (nSPS) is 16.6. The molecule has 0 amide bonds. The highest BCUT2D eigenvalue weighted by Gasteiger charge is 2.40. The molecule has 1 aliphatic heterocycles. The molecule has 6 nitrogen and oxygen atoms in total. The highest BCUT2D eigenvalue weighted by Crippen LogP contribution is 2.27. The summed E-state index contributed by atoms with van der Waals surface area (Å²) in [6.07, 6.45) is -4.31. The number of halogens is 3. The first-order chi connectivity index (χ1) is 14.7. The summed E-state index contributed by atoms with van der Waals surface area (Å²) >= 11 is 0.